The summed E-state index contributed by atoms with van der Waals surface area (Å²) >= 11 is 6.26. The van der Waals surface area contributed by atoms with Gasteiger partial charge >= 0.3 is 0 Å². The molecule has 32 heavy (non-hydrogen) atoms. The number of hydrogen-bond acceptors (Lipinski definition) is 5. The second-order valence-corrected chi connectivity index (χ2v) is 7.43. The van der Waals surface area contributed by atoms with Crippen molar-refractivity contribution in [1.29, 1.82) is 0 Å². The number of halogens is 1. The van der Waals surface area contributed by atoms with Gasteiger partial charge in [-0.1, -0.05) is 66.2 Å². The van der Waals surface area contributed by atoms with Gasteiger partial charge in [-0.2, -0.15) is 14.9 Å². The van der Waals surface area contributed by atoms with Gasteiger partial charge in [0.1, 0.15) is 23.1 Å². The SMILES string of the molecule is Cc1ccccc1COc1ccccc1/C=N/Nc1cnn(-c2ccccc2)c(=O)c1Cl. The van der Waals surface area contributed by atoms with Gasteiger partial charge in [-0.15, -0.1) is 0 Å². The normalized spacial score (nSPS) is 10.9. The van der Waals surface area contributed by atoms with Crippen LogP contribution in [0.25, 0.3) is 5.69 Å². The van der Waals surface area contributed by atoms with E-state index in [9.17, 15) is 4.79 Å². The molecule has 160 valence electrons. The average molecular weight is 445 g/mol. The van der Waals surface area contributed by atoms with Crippen molar-refractivity contribution in [1.82, 2.24) is 9.78 Å². The topological polar surface area (TPSA) is 68.5 Å². The van der Waals surface area contributed by atoms with Crippen LogP contribution in [0.3, 0.4) is 0 Å². The van der Waals surface area contributed by atoms with Crippen LogP contribution < -0.4 is 15.7 Å². The predicted octanol–water partition coefficient (Wildman–Crippen LogP) is 5.22. The highest BCUT2D eigenvalue weighted by Crippen LogP contribution is 2.20. The second-order valence-electron chi connectivity index (χ2n) is 7.05. The Morgan fingerprint density at radius 3 is 2.56 bits per heavy atom. The lowest BCUT2D eigenvalue weighted by atomic mass is 10.1. The molecular formula is C25H21ClN4O2. The van der Waals surface area contributed by atoms with Gasteiger partial charge in [-0.25, -0.2) is 0 Å². The molecule has 0 aliphatic rings. The van der Waals surface area contributed by atoms with Gasteiger partial charge in [0.15, 0.2) is 0 Å². The lowest BCUT2D eigenvalue weighted by Crippen LogP contribution is -2.22. The maximum absolute atomic E-state index is 12.6. The molecule has 4 aromatic rings. The number of nitrogens with one attached hydrogen (secondary N) is 1. The quantitative estimate of drug-likeness (QED) is 0.313. The molecule has 0 radical (unpaired) electrons. The van der Waals surface area contributed by atoms with E-state index in [1.807, 2.05) is 60.7 Å². The van der Waals surface area contributed by atoms with Gasteiger partial charge in [0.25, 0.3) is 5.56 Å². The number of nitrogens with zero attached hydrogens (tertiary/aromatic N) is 3. The third-order valence-corrected chi connectivity index (χ3v) is 5.24. The summed E-state index contributed by atoms with van der Waals surface area (Å²) in [4.78, 5) is 12.6. The first-order valence-corrected chi connectivity index (χ1v) is 10.4. The van der Waals surface area contributed by atoms with Crippen LogP contribution in [0.4, 0.5) is 5.69 Å². The molecule has 0 bridgehead atoms. The highest BCUT2D eigenvalue weighted by Gasteiger charge is 2.10. The fourth-order valence-corrected chi connectivity index (χ4v) is 3.25. The Balaban J connectivity index is 1.48. The Kier molecular flexibility index (Phi) is 6.63. The monoisotopic (exact) mass is 444 g/mol. The number of ether oxygens (including phenoxy) is 1. The van der Waals surface area contributed by atoms with E-state index in [0.717, 1.165) is 11.1 Å². The number of para-hydroxylation sites is 2. The fraction of sp³-hybridized carbons (Fsp3) is 0.0800. The Hall–Kier alpha value is -3.90. The van der Waals surface area contributed by atoms with Crippen LogP contribution in [-0.2, 0) is 6.61 Å². The van der Waals surface area contributed by atoms with Crippen molar-refractivity contribution in [3.63, 3.8) is 0 Å². The molecule has 0 aliphatic heterocycles. The molecule has 0 aliphatic carbocycles. The first-order chi connectivity index (χ1) is 15.6. The summed E-state index contributed by atoms with van der Waals surface area (Å²) in [7, 11) is 0. The maximum Gasteiger partial charge on any atom is 0.292 e. The van der Waals surface area contributed by atoms with Gasteiger partial charge < -0.3 is 4.74 Å². The molecule has 0 saturated heterocycles. The van der Waals surface area contributed by atoms with E-state index in [0.29, 0.717) is 23.7 Å². The van der Waals surface area contributed by atoms with Crippen molar-refractivity contribution in [2.45, 2.75) is 13.5 Å². The number of aromatic nitrogens is 2. The average Bonchev–Trinajstić information content (AvgIpc) is 2.82. The largest absolute Gasteiger partial charge is 0.488 e. The first kappa shape index (κ1) is 21.3. The number of aryl methyl sites for hydroxylation is 1. The molecule has 0 fully saturated rings. The summed E-state index contributed by atoms with van der Waals surface area (Å²) in [6.45, 7) is 2.51. The highest BCUT2D eigenvalue weighted by atomic mass is 35.5. The standard InChI is InChI=1S/C25H21ClN4O2/c1-18-9-5-6-11-20(18)17-32-23-14-8-7-10-19(23)15-27-29-22-16-28-30(25(31)24(22)26)21-12-3-2-4-13-21/h2-16,29H,17H2,1H3/b27-15+. The molecule has 1 aromatic heterocycles. The lowest BCUT2D eigenvalue weighted by molar-refractivity contribution is 0.305. The van der Waals surface area contributed by atoms with E-state index in [2.05, 4.69) is 28.6 Å². The number of hydrazone groups is 1. The molecule has 4 rings (SSSR count). The van der Waals surface area contributed by atoms with Crippen LogP contribution >= 0.6 is 11.6 Å². The van der Waals surface area contributed by atoms with E-state index in [4.69, 9.17) is 16.3 Å². The summed E-state index contributed by atoms with van der Waals surface area (Å²) in [5, 5.41) is 8.41. The maximum atomic E-state index is 12.6. The molecule has 7 heteroatoms. The minimum atomic E-state index is -0.431. The van der Waals surface area contributed by atoms with Gasteiger partial charge in [-0.05, 0) is 42.3 Å². The summed E-state index contributed by atoms with van der Waals surface area (Å²) in [5.74, 6) is 0.699. The molecule has 0 spiro atoms. The minimum Gasteiger partial charge on any atom is -0.488 e. The van der Waals surface area contributed by atoms with Crippen LogP contribution in [0.5, 0.6) is 5.75 Å². The molecule has 0 atom stereocenters. The number of rotatable bonds is 7. The van der Waals surface area contributed by atoms with Crippen LogP contribution in [0, 0.1) is 6.92 Å². The summed E-state index contributed by atoms with van der Waals surface area (Å²) in [6.07, 6.45) is 3.08. The smallest absolute Gasteiger partial charge is 0.292 e. The van der Waals surface area contributed by atoms with Gasteiger partial charge in [0.05, 0.1) is 18.1 Å². The van der Waals surface area contributed by atoms with Crippen molar-refractivity contribution in [3.8, 4) is 11.4 Å². The lowest BCUT2D eigenvalue weighted by Gasteiger charge is -2.11. The van der Waals surface area contributed by atoms with Gasteiger partial charge in [0.2, 0.25) is 0 Å². The van der Waals surface area contributed by atoms with E-state index in [1.54, 1.807) is 18.3 Å². The predicted molar refractivity (Wildman–Crippen MR) is 128 cm³/mol. The van der Waals surface area contributed by atoms with Crippen molar-refractivity contribution in [2.24, 2.45) is 5.10 Å². The third kappa shape index (κ3) is 4.87. The zero-order chi connectivity index (χ0) is 22.3. The molecule has 0 unspecified atom stereocenters. The Morgan fingerprint density at radius 2 is 1.75 bits per heavy atom. The fourth-order valence-electron chi connectivity index (χ4n) is 3.08. The van der Waals surface area contributed by atoms with Gasteiger partial charge in [0, 0.05) is 5.56 Å². The van der Waals surface area contributed by atoms with E-state index >= 15 is 0 Å². The molecule has 0 amide bonds. The van der Waals surface area contributed by atoms with E-state index in [1.165, 1.54) is 16.4 Å². The van der Waals surface area contributed by atoms with Crippen LogP contribution in [0.1, 0.15) is 16.7 Å². The number of hydrogen-bond donors (Lipinski definition) is 1. The Bertz CT molecular complexity index is 1300. The van der Waals surface area contributed by atoms with Crippen LogP contribution in [0.2, 0.25) is 5.02 Å². The van der Waals surface area contributed by atoms with Crippen LogP contribution in [-0.4, -0.2) is 16.0 Å². The van der Waals surface area contributed by atoms with Crippen molar-refractivity contribution in [2.75, 3.05) is 5.43 Å². The zero-order valence-electron chi connectivity index (χ0n) is 17.4. The van der Waals surface area contributed by atoms with Crippen molar-refractivity contribution < 1.29 is 4.74 Å². The molecule has 1 heterocycles. The molecule has 3 aromatic carbocycles. The molecule has 0 saturated carbocycles. The second kappa shape index (κ2) is 9.94. The minimum absolute atomic E-state index is 0.00471. The summed E-state index contributed by atoms with van der Waals surface area (Å²) in [5.41, 5.74) is 6.40. The van der Waals surface area contributed by atoms with E-state index in [-0.39, 0.29) is 5.02 Å². The zero-order valence-corrected chi connectivity index (χ0v) is 18.2. The highest BCUT2D eigenvalue weighted by molar-refractivity contribution is 6.32. The summed E-state index contributed by atoms with van der Waals surface area (Å²) in [6, 6.07) is 24.8. The van der Waals surface area contributed by atoms with Gasteiger partial charge in [-0.3, -0.25) is 10.2 Å². The van der Waals surface area contributed by atoms with Crippen molar-refractivity contribution >= 4 is 23.5 Å². The van der Waals surface area contributed by atoms with Crippen molar-refractivity contribution in [3.05, 3.63) is 117 Å². The van der Waals surface area contributed by atoms with Crippen LogP contribution in [0.15, 0.2) is 95.0 Å². The first-order valence-electron chi connectivity index (χ1n) is 10.0. The molecule has 6 nitrogen and oxygen atoms in total. The number of anilines is 1. The summed E-state index contributed by atoms with van der Waals surface area (Å²) < 4.78 is 7.25. The van der Waals surface area contributed by atoms with E-state index < -0.39 is 5.56 Å². The molecule has 1 N–H and O–H groups in total. The third-order valence-electron chi connectivity index (χ3n) is 4.87. The Labute approximate surface area is 190 Å². The Morgan fingerprint density at radius 1 is 1.03 bits per heavy atom. The number of benzene rings is 3. The molecular weight excluding hydrogens is 424 g/mol.